The summed E-state index contributed by atoms with van der Waals surface area (Å²) < 4.78 is 138. The molecular weight excluding hydrogens is 1740 g/mol. The molecule has 18 aliphatic rings. The zero-order valence-corrected chi connectivity index (χ0v) is 72.9. The molecule has 18 aliphatic heterocycles. The minimum atomic E-state index is -1.10. The van der Waals surface area contributed by atoms with Gasteiger partial charge in [-0.3, -0.25) is 66.7 Å². The van der Waals surface area contributed by atoms with Gasteiger partial charge in [0.1, 0.15) is 70.7 Å². The minimum Gasteiger partial charge on any atom is -1.00 e. The van der Waals surface area contributed by atoms with Gasteiger partial charge in [-0.25, -0.2) is 19.2 Å². The van der Waals surface area contributed by atoms with Gasteiger partial charge in [-0.15, -0.1) is 13.2 Å². The Morgan fingerprint density at radius 2 is 0.833 bits per heavy atom. The Morgan fingerprint density at radius 1 is 0.462 bits per heavy atom. The number of benzene rings is 4. The van der Waals surface area contributed by atoms with E-state index in [9.17, 15) is 58.5 Å². The topological polar surface area (TPSA) is 501 Å². The average molecular weight is 1850 g/mol. The van der Waals surface area contributed by atoms with Gasteiger partial charge in [-0.2, -0.15) is 4.98 Å². The van der Waals surface area contributed by atoms with Gasteiger partial charge in [-0.1, -0.05) is 150 Å². The standard InChI is InChI=1S/2C19H20N2O6.C18H18N2O7.C18H18N2O6.C11H14N2O5.C2H4.CH4O.2CH4.Na.H2.H/c1-11-14-16(21-8-7-13(22)20-18(21)23)27-19(9-24-14)10-25-17(26-15(11)19)12-5-3-2-4-6-12;1-11-14-16(21-8-7-13(23)20-18(21)25-14)27-19(9-22)10-24-17(26-15(11)19)12-5-3-2-4-6-12;21-11-6-7-20(17(23)19-11)15-13-12(22)14-18(27-15,8-24-13)9-25-16(26-14)10-4-2-1-3-5-10;21-14-6-7-20(17(22)19-14)15-12-8-13-18(26-15,9-23-12)10-24-16(25-13)11-4-2-1-3-5-11;1-11-5-17-6(4-7(11)14)9(18-11)13-3-2-8(15)12-10(13)16;2*1-2;;;;;/h2-8,11,14-17H,9-10H2,1H3,(H,20,22,23);2-8,11,14-17,22H,9-10H2,1H3;1-7,12-16,22H,8-9H2,(H,19,21,23);1-7,12-13,15-16H,8-10H2,(H,19,21,22);2-3,6-7,9,14H,4-5H2,1H3,(H,12,15,16);1-2H2;2H,1H3;2*1H4;;1H;/q;;;;;;;;;+1;;-1/t11-,14-,15+,16-,17-,19-;11-,14+,15+,16-,17-,19-;12-,13-,14+,15-,16-,18-;12-,13+,15-,16-,18-;6-,7+,9-,11+;;;;;;;/m11111......./s1/i;;;;1D;;2T;;;;1+1D;. The molecule has 27 atom stereocenters. The van der Waals surface area contributed by atoms with E-state index in [1.165, 1.54) is 80.5 Å². The van der Waals surface area contributed by atoms with Gasteiger partial charge in [0, 0.05) is 120 Å². The number of nitrogens with zero attached hydrogens (tertiary/aromatic N) is 6. The Bertz CT molecular complexity index is 5930. The van der Waals surface area contributed by atoms with Crippen molar-refractivity contribution in [3.05, 3.63) is 312 Å². The first-order chi connectivity index (χ1) is 64.4. The van der Waals surface area contributed by atoms with Crippen molar-refractivity contribution in [1.82, 2.24) is 47.8 Å². The Kier molecular flexibility index (Phi) is 29.0. The third-order valence-electron chi connectivity index (χ3n) is 25.1. The zero-order valence-electron chi connectivity index (χ0n) is 75.9. The van der Waals surface area contributed by atoms with E-state index in [2.05, 4.69) is 43.2 Å². The molecule has 132 heavy (non-hydrogen) atoms. The smallest absolute Gasteiger partial charge is 1.00 e. The molecule has 17 fully saturated rings. The quantitative estimate of drug-likeness (QED) is 0.0715. The van der Waals surface area contributed by atoms with Crippen LogP contribution in [0.1, 0.15) is 133 Å². The van der Waals surface area contributed by atoms with Crippen LogP contribution in [0.3, 0.4) is 0 Å². The van der Waals surface area contributed by atoms with Gasteiger partial charge in [0.2, 0.25) is 1.43 Å². The van der Waals surface area contributed by atoms with Crippen molar-refractivity contribution < 1.29 is 141 Å². The summed E-state index contributed by atoms with van der Waals surface area (Å²) in [5.74, 6) is -0.144. The number of ether oxygens (including phenoxy) is 18. The molecule has 9 aromatic rings. The third kappa shape index (κ3) is 18.8. The van der Waals surface area contributed by atoms with Gasteiger partial charge in [-0.05, 0) is 6.90 Å². The van der Waals surface area contributed by atoms with Crippen LogP contribution in [0.2, 0.25) is 0 Å². The van der Waals surface area contributed by atoms with Crippen molar-refractivity contribution >= 4 is 0 Å². The predicted octanol–water partition coefficient (Wildman–Crippen LogP) is 0.372. The summed E-state index contributed by atoms with van der Waals surface area (Å²) in [4.78, 5) is 118. The molecule has 8 N–H and O–H groups in total. The van der Waals surface area contributed by atoms with E-state index in [0.29, 0.717) is 39.3 Å². The molecule has 4 aromatic carbocycles. The SMILES string of the molecule is C.C.C=C.C[C@@H]1[C@@H]2Oc3nc(=O)ccn3[C@@H]2O[C@]2(CO)CO[C@@H](c3ccccc3)O[C@@H]12.C[C@@H]1[C@H]2OC[C@]3(CO[C@@H](c4ccccc4)O[C@@H]13)O[C@H]2n1ccc(=O)[nH]c1=O.O=c1ccn([C@@H]2O[C@]34CO[C@@H](c5ccccc5)O[C@H]3C[C@H]2OC4)c(=O)[nH]1.O=c1ccn([C@@H]2O[C@]34CO[C@@H](c5ccccc5)O[C@H]3[C@H](O)[C@H]2OC4)c(=O)[nH]1.[2H]C[C@]12CO[C@H](C[C@@H]1O)[C@H](n1ccc(=O)[nH]c1=O)O2.[2H][2H].[3H]OC.[H-].[Na+]. The average Bonchev–Trinajstić information content (AvgIpc) is 1.58. The summed E-state index contributed by atoms with van der Waals surface area (Å²) in [5, 5.41) is 34.5. The molecule has 0 saturated carbocycles. The zero-order chi connectivity index (χ0) is 93.8. The van der Waals surface area contributed by atoms with Gasteiger partial charge in [0.15, 0.2) is 62.4 Å². The second kappa shape index (κ2) is 40.8. The molecule has 706 valence electrons. The fourth-order valence-electron chi connectivity index (χ4n) is 18.6. The Hall–Kier alpha value is -9.82. The molecule has 23 heterocycles. The molecule has 0 unspecified atom stereocenters. The maximum Gasteiger partial charge on any atom is 1.00 e. The predicted molar refractivity (Wildman–Crippen MR) is 460 cm³/mol. The molecule has 27 rings (SSSR count). The number of hydrogen-bond donors (Lipinski definition) is 8. The van der Waals surface area contributed by atoms with Crippen LogP contribution in [-0.2, 0) is 80.5 Å². The number of nitrogens with one attached hydrogen (secondary N) is 4. The van der Waals surface area contributed by atoms with E-state index in [4.69, 9.17) is 91.0 Å². The van der Waals surface area contributed by atoms with Crippen molar-refractivity contribution in [3.8, 4) is 6.01 Å². The van der Waals surface area contributed by atoms with E-state index < -0.39 is 166 Å². The normalized spacial score (nSPS) is 35.7. The first-order valence-electron chi connectivity index (χ1n) is 43.9. The maximum atomic E-state index is 12.2. The number of hydrogen-bond acceptors (Lipinski definition) is 32. The Morgan fingerprint density at radius 3 is 1.31 bits per heavy atom. The van der Waals surface area contributed by atoms with Crippen molar-refractivity contribution in [2.75, 3.05) is 66.6 Å². The summed E-state index contributed by atoms with van der Waals surface area (Å²) in [6.45, 7) is 11.5. The van der Waals surface area contributed by atoms with E-state index in [-0.39, 0.29) is 140 Å². The molecule has 8 bridgehead atoms. The van der Waals surface area contributed by atoms with Gasteiger partial charge in [0.25, 0.3) is 27.8 Å². The van der Waals surface area contributed by atoms with Crippen LogP contribution in [0.4, 0.5) is 0 Å². The van der Waals surface area contributed by atoms with Gasteiger partial charge >= 0.3 is 58.3 Å². The first kappa shape index (κ1) is 94.0. The second-order valence-corrected chi connectivity index (χ2v) is 33.1. The second-order valence-electron chi connectivity index (χ2n) is 33.1. The van der Waals surface area contributed by atoms with E-state index in [0.717, 1.165) is 22.3 Å². The molecule has 41 nitrogen and oxygen atoms in total. The summed E-state index contributed by atoms with van der Waals surface area (Å²) in [6.07, 6.45) is -3.10. The van der Waals surface area contributed by atoms with Crippen molar-refractivity contribution in [2.45, 2.75) is 200 Å². The Labute approximate surface area is 782 Å². The fourth-order valence-corrected chi connectivity index (χ4v) is 18.6. The largest absolute Gasteiger partial charge is 1.00 e. The summed E-state index contributed by atoms with van der Waals surface area (Å²) >= 11 is 0. The van der Waals surface area contributed by atoms with Crippen molar-refractivity contribution in [2.24, 2.45) is 11.8 Å². The molecule has 5 aromatic heterocycles. The molecule has 0 radical (unpaired) electrons. The number of fused-ring (bicyclic) bond motifs is 13. The van der Waals surface area contributed by atoms with Crippen LogP contribution in [0, 0.1) is 11.8 Å². The number of aromatic amines is 4. The van der Waals surface area contributed by atoms with Crippen LogP contribution in [-0.4, -0.2) is 231 Å². The number of rotatable bonds is 9. The van der Waals surface area contributed by atoms with Crippen LogP contribution in [0.15, 0.2) is 239 Å². The molecule has 42 heteroatoms. The molecule has 0 amide bonds. The summed E-state index contributed by atoms with van der Waals surface area (Å²) in [7, 11) is 1.29. The van der Waals surface area contributed by atoms with Crippen molar-refractivity contribution in [1.29, 1.82) is 1.43 Å². The maximum absolute atomic E-state index is 12.2. The van der Waals surface area contributed by atoms with Crippen LogP contribution < -0.4 is 84.8 Å². The molecule has 0 aliphatic carbocycles. The number of H-pyrrole nitrogens is 4. The monoisotopic (exact) mass is 1850 g/mol. The van der Waals surface area contributed by atoms with E-state index in [1.54, 1.807) is 10.8 Å². The fraction of sp³-hybridized carbons (Fsp3) is 0.489. The van der Waals surface area contributed by atoms with Gasteiger partial charge < -0.3 is 107 Å². The number of aliphatic hydroxyl groups is 4. The summed E-state index contributed by atoms with van der Waals surface area (Å²) in [6, 6.07) is 45.2. The van der Waals surface area contributed by atoms with E-state index in [1.807, 2.05) is 135 Å². The molecular formula is C90H109N10NaO31. The van der Waals surface area contributed by atoms with Gasteiger partial charge in [0.05, 0.1) is 77.8 Å². The minimum absolute atomic E-state index is 0. The number of aliphatic hydroxyl groups excluding tert-OH is 4. The first-order valence-corrected chi connectivity index (χ1v) is 41.8. The van der Waals surface area contributed by atoms with Crippen LogP contribution >= 0.6 is 0 Å². The Balaban J connectivity index is 0.000000151. The number of aromatic nitrogens is 10. The van der Waals surface area contributed by atoms with E-state index >= 15 is 0 Å². The van der Waals surface area contributed by atoms with Crippen LogP contribution in [0.5, 0.6) is 6.01 Å². The molecule has 17 saturated heterocycles. The summed E-state index contributed by atoms with van der Waals surface area (Å²) in [5.41, 5.74) is -5.59. The van der Waals surface area contributed by atoms with Crippen LogP contribution in [0.25, 0.3) is 0 Å². The molecule has 3 spiro atoms. The van der Waals surface area contributed by atoms with Crippen molar-refractivity contribution in [3.63, 3.8) is 0 Å². The third-order valence-corrected chi connectivity index (χ3v) is 25.1.